The van der Waals surface area contributed by atoms with Crippen molar-refractivity contribution in [2.45, 2.75) is 6.42 Å². The van der Waals surface area contributed by atoms with E-state index in [-0.39, 0.29) is 12.0 Å². The number of hydrogen-bond donors (Lipinski definition) is 1. The summed E-state index contributed by atoms with van der Waals surface area (Å²) in [6, 6.07) is 8.83. The number of methoxy groups -OCH3 is 2. The van der Waals surface area contributed by atoms with E-state index in [4.69, 9.17) is 14.7 Å². The van der Waals surface area contributed by atoms with Crippen LogP contribution in [0.25, 0.3) is 11.3 Å². The van der Waals surface area contributed by atoms with Crippen LogP contribution in [0.3, 0.4) is 0 Å². The number of hydrogen-bond acceptors (Lipinski definition) is 5. The minimum Gasteiger partial charge on any atom is -0.497 e. The summed E-state index contributed by atoms with van der Waals surface area (Å²) in [6.07, 6.45) is 0.0311. The molecule has 0 saturated heterocycles. The highest BCUT2D eigenvalue weighted by molar-refractivity contribution is 5.68. The highest BCUT2D eigenvalue weighted by Gasteiger charge is 2.11. The van der Waals surface area contributed by atoms with E-state index in [0.717, 1.165) is 0 Å². The standard InChI is InChI=1S/C14H13N3O3/c1-19-10-3-4-11(13(8-10)20-2)12-7-9(5-6-15)14(18)17-16-12/h3-4,7-8H,5H2,1-2H3,(H,17,18). The molecule has 0 spiro atoms. The van der Waals surface area contributed by atoms with Gasteiger partial charge in [0, 0.05) is 17.2 Å². The molecule has 6 nitrogen and oxygen atoms in total. The molecule has 0 unspecified atom stereocenters. The van der Waals surface area contributed by atoms with E-state index in [1.54, 1.807) is 38.5 Å². The van der Waals surface area contributed by atoms with Gasteiger partial charge in [-0.1, -0.05) is 0 Å². The van der Waals surface area contributed by atoms with Crippen LogP contribution in [0.5, 0.6) is 11.5 Å². The van der Waals surface area contributed by atoms with E-state index >= 15 is 0 Å². The van der Waals surface area contributed by atoms with E-state index in [9.17, 15) is 4.79 Å². The van der Waals surface area contributed by atoms with Gasteiger partial charge in [-0.25, -0.2) is 5.10 Å². The fourth-order valence-electron chi connectivity index (χ4n) is 1.81. The number of aromatic nitrogens is 2. The van der Waals surface area contributed by atoms with Crippen LogP contribution in [0.1, 0.15) is 5.56 Å². The first-order valence-electron chi connectivity index (χ1n) is 5.87. The number of H-pyrrole nitrogens is 1. The van der Waals surface area contributed by atoms with E-state index in [0.29, 0.717) is 28.3 Å². The average molecular weight is 271 g/mol. The van der Waals surface area contributed by atoms with Crippen molar-refractivity contribution in [3.63, 3.8) is 0 Å². The Morgan fingerprint density at radius 1 is 1.30 bits per heavy atom. The van der Waals surface area contributed by atoms with Crippen molar-refractivity contribution in [3.05, 3.63) is 40.2 Å². The number of benzene rings is 1. The molecule has 0 fully saturated rings. The summed E-state index contributed by atoms with van der Waals surface area (Å²) < 4.78 is 10.4. The van der Waals surface area contributed by atoms with Gasteiger partial charge in [0.25, 0.3) is 5.56 Å². The average Bonchev–Trinajstić information content (AvgIpc) is 2.49. The summed E-state index contributed by atoms with van der Waals surface area (Å²) in [7, 11) is 3.11. The largest absolute Gasteiger partial charge is 0.497 e. The van der Waals surface area contributed by atoms with Crippen molar-refractivity contribution < 1.29 is 9.47 Å². The van der Waals surface area contributed by atoms with Gasteiger partial charge in [-0.2, -0.15) is 10.4 Å². The molecule has 0 bridgehead atoms. The Morgan fingerprint density at radius 3 is 2.75 bits per heavy atom. The van der Waals surface area contributed by atoms with Gasteiger partial charge < -0.3 is 9.47 Å². The second-order valence-corrected chi connectivity index (χ2v) is 4.01. The third-order valence-electron chi connectivity index (χ3n) is 2.83. The van der Waals surface area contributed by atoms with Crippen LogP contribution in [0.4, 0.5) is 0 Å². The Hall–Kier alpha value is -2.81. The molecule has 1 heterocycles. The lowest BCUT2D eigenvalue weighted by Crippen LogP contribution is -2.14. The van der Waals surface area contributed by atoms with E-state index < -0.39 is 0 Å². The van der Waals surface area contributed by atoms with Crippen LogP contribution >= 0.6 is 0 Å². The van der Waals surface area contributed by atoms with Crippen LogP contribution in [0.15, 0.2) is 29.1 Å². The van der Waals surface area contributed by atoms with Gasteiger partial charge in [-0.3, -0.25) is 4.79 Å². The summed E-state index contributed by atoms with van der Waals surface area (Å²) in [5.41, 5.74) is 1.26. The molecule has 1 aromatic carbocycles. The minimum atomic E-state index is -0.359. The lowest BCUT2D eigenvalue weighted by Gasteiger charge is -2.10. The van der Waals surface area contributed by atoms with Gasteiger partial charge in [0.05, 0.1) is 32.4 Å². The number of nitrogens with one attached hydrogen (secondary N) is 1. The zero-order valence-electron chi connectivity index (χ0n) is 11.1. The van der Waals surface area contributed by atoms with Gasteiger partial charge in [0.1, 0.15) is 11.5 Å². The van der Waals surface area contributed by atoms with Crippen LogP contribution in [-0.4, -0.2) is 24.4 Å². The second kappa shape index (κ2) is 5.89. The highest BCUT2D eigenvalue weighted by atomic mass is 16.5. The van der Waals surface area contributed by atoms with Crippen molar-refractivity contribution in [1.29, 1.82) is 5.26 Å². The molecule has 0 saturated carbocycles. The molecule has 0 aliphatic rings. The fraction of sp³-hybridized carbons (Fsp3) is 0.214. The van der Waals surface area contributed by atoms with Gasteiger partial charge in [-0.15, -0.1) is 0 Å². The van der Waals surface area contributed by atoms with Crippen molar-refractivity contribution in [2.75, 3.05) is 14.2 Å². The topological polar surface area (TPSA) is 88.0 Å². The Morgan fingerprint density at radius 2 is 2.10 bits per heavy atom. The molecule has 1 aromatic heterocycles. The van der Waals surface area contributed by atoms with Crippen LogP contribution in [0.2, 0.25) is 0 Å². The monoisotopic (exact) mass is 271 g/mol. The fourth-order valence-corrected chi connectivity index (χ4v) is 1.81. The number of rotatable bonds is 4. The maximum absolute atomic E-state index is 11.5. The molecule has 2 rings (SSSR count). The molecule has 6 heteroatoms. The highest BCUT2D eigenvalue weighted by Crippen LogP contribution is 2.31. The van der Waals surface area contributed by atoms with Crippen LogP contribution in [-0.2, 0) is 6.42 Å². The SMILES string of the molecule is COc1ccc(-c2cc(CC#N)c(=O)[nH]n2)c(OC)c1. The summed E-state index contributed by atoms with van der Waals surface area (Å²) in [4.78, 5) is 11.5. The van der Waals surface area contributed by atoms with Gasteiger partial charge in [0.2, 0.25) is 0 Å². The third kappa shape index (κ3) is 2.62. The molecule has 102 valence electrons. The van der Waals surface area contributed by atoms with Crippen LogP contribution < -0.4 is 15.0 Å². The molecule has 0 aliphatic carbocycles. The molecule has 0 aliphatic heterocycles. The summed E-state index contributed by atoms with van der Waals surface area (Å²) >= 11 is 0. The maximum atomic E-state index is 11.5. The summed E-state index contributed by atoms with van der Waals surface area (Å²) in [6.45, 7) is 0. The first-order valence-corrected chi connectivity index (χ1v) is 5.87. The maximum Gasteiger partial charge on any atom is 0.268 e. The summed E-state index contributed by atoms with van der Waals surface area (Å²) in [5, 5.41) is 15.1. The van der Waals surface area contributed by atoms with Crippen molar-refractivity contribution in [3.8, 4) is 28.8 Å². The predicted molar refractivity (Wildman–Crippen MR) is 72.7 cm³/mol. The van der Waals surface area contributed by atoms with Crippen molar-refractivity contribution >= 4 is 0 Å². The van der Waals surface area contributed by atoms with E-state index in [1.165, 1.54) is 0 Å². The lowest BCUT2D eigenvalue weighted by atomic mass is 10.1. The first-order chi connectivity index (χ1) is 9.69. The molecule has 2 aromatic rings. The Labute approximate surface area is 115 Å². The van der Waals surface area contributed by atoms with Gasteiger partial charge in [-0.05, 0) is 18.2 Å². The predicted octanol–water partition coefficient (Wildman–Crippen LogP) is 1.52. The Kier molecular flexibility index (Phi) is 4.01. The number of nitriles is 1. The molecular formula is C14H13N3O3. The molecule has 1 N–H and O–H groups in total. The smallest absolute Gasteiger partial charge is 0.268 e. The van der Waals surface area contributed by atoms with Crippen molar-refractivity contribution in [1.82, 2.24) is 10.2 Å². The van der Waals surface area contributed by atoms with E-state index in [1.807, 2.05) is 6.07 Å². The zero-order valence-corrected chi connectivity index (χ0v) is 11.1. The number of nitrogens with zero attached hydrogens (tertiary/aromatic N) is 2. The quantitative estimate of drug-likeness (QED) is 0.910. The number of aromatic amines is 1. The van der Waals surface area contributed by atoms with E-state index in [2.05, 4.69) is 10.2 Å². The third-order valence-corrected chi connectivity index (χ3v) is 2.83. The number of ether oxygens (including phenoxy) is 2. The molecule has 20 heavy (non-hydrogen) atoms. The normalized spacial score (nSPS) is 9.85. The lowest BCUT2D eigenvalue weighted by molar-refractivity contribution is 0.395. The van der Waals surface area contributed by atoms with Crippen molar-refractivity contribution in [2.24, 2.45) is 0 Å². The van der Waals surface area contributed by atoms with Gasteiger partial charge >= 0.3 is 0 Å². The molecular weight excluding hydrogens is 258 g/mol. The van der Waals surface area contributed by atoms with Crippen LogP contribution in [0, 0.1) is 11.3 Å². The Bertz CT molecular complexity index is 716. The molecule has 0 radical (unpaired) electrons. The summed E-state index contributed by atoms with van der Waals surface area (Å²) in [5.74, 6) is 1.24. The van der Waals surface area contributed by atoms with Gasteiger partial charge in [0.15, 0.2) is 0 Å². The minimum absolute atomic E-state index is 0.0311. The molecule has 0 amide bonds. The zero-order chi connectivity index (χ0) is 14.5. The second-order valence-electron chi connectivity index (χ2n) is 4.01. The molecule has 0 atom stereocenters. The first kappa shape index (κ1) is 13.6. The Balaban J connectivity index is 2.54.